The minimum absolute atomic E-state index is 1.25. The van der Waals surface area contributed by atoms with Crippen LogP contribution >= 0.6 is 0 Å². The molecule has 0 heterocycles. The third-order valence-corrected chi connectivity index (χ3v) is 3.13. The molecule has 0 spiro atoms. The minimum Gasteiger partial charge on any atom is -0.0843 e. The Morgan fingerprint density at radius 3 is 1.94 bits per heavy atom. The van der Waals surface area contributed by atoms with Crippen LogP contribution in [0.5, 0.6) is 0 Å². The highest BCUT2D eigenvalue weighted by molar-refractivity contribution is 5.15. The minimum atomic E-state index is 1.25. The summed E-state index contributed by atoms with van der Waals surface area (Å²) in [6, 6.07) is 0. The highest BCUT2D eigenvalue weighted by Crippen LogP contribution is 2.07. The molecule has 0 fully saturated rings. The number of hydrogen-bond donors (Lipinski definition) is 0. The Balaban J connectivity index is 3.44. The molecule has 0 atom stereocenters. The van der Waals surface area contributed by atoms with E-state index in [0.717, 1.165) is 0 Å². The lowest BCUT2D eigenvalue weighted by Gasteiger charge is -1.97. The van der Waals surface area contributed by atoms with Crippen LogP contribution in [0.3, 0.4) is 0 Å². The van der Waals surface area contributed by atoms with E-state index >= 15 is 0 Å². The molecule has 0 nitrogen and oxygen atoms in total. The Labute approximate surface area is 109 Å². The molecular weight excluding hydrogens is 204 g/mol. The lowest BCUT2D eigenvalue weighted by atomic mass is 10.1. The topological polar surface area (TPSA) is 0 Å². The Morgan fingerprint density at radius 1 is 0.765 bits per heavy atom. The second kappa shape index (κ2) is 13.5. The van der Waals surface area contributed by atoms with Gasteiger partial charge in [-0.2, -0.15) is 0 Å². The largest absolute Gasteiger partial charge is 0.0843 e. The van der Waals surface area contributed by atoms with Gasteiger partial charge >= 0.3 is 0 Å². The molecule has 0 aliphatic heterocycles. The van der Waals surface area contributed by atoms with Crippen molar-refractivity contribution in [1.82, 2.24) is 0 Å². The molecular formula is C17H32. The molecule has 0 aromatic heterocycles. The first-order chi connectivity index (χ1) is 8.31. The van der Waals surface area contributed by atoms with E-state index in [1.165, 1.54) is 69.8 Å². The molecule has 0 amide bonds. The molecule has 0 saturated carbocycles. The predicted molar refractivity (Wildman–Crippen MR) is 80.4 cm³/mol. The van der Waals surface area contributed by atoms with Crippen molar-refractivity contribution in [3.63, 3.8) is 0 Å². The van der Waals surface area contributed by atoms with Gasteiger partial charge in [-0.3, -0.25) is 0 Å². The van der Waals surface area contributed by atoms with Gasteiger partial charge in [-0.15, -0.1) is 0 Å². The summed E-state index contributed by atoms with van der Waals surface area (Å²) in [5.74, 6) is 0. The fraction of sp³-hybridized carbons (Fsp3) is 0.765. The summed E-state index contributed by atoms with van der Waals surface area (Å²) in [6.45, 7) is 6.76. The molecule has 0 unspecified atom stereocenters. The SMILES string of the molecule is CCCCCC/C=C\C(C)=C\CCCCCC. The molecule has 0 bridgehead atoms. The summed E-state index contributed by atoms with van der Waals surface area (Å²) in [4.78, 5) is 0. The molecule has 0 saturated heterocycles. The van der Waals surface area contributed by atoms with Gasteiger partial charge in [0.05, 0.1) is 0 Å². The van der Waals surface area contributed by atoms with Crippen molar-refractivity contribution >= 4 is 0 Å². The normalized spacial score (nSPS) is 12.5. The number of allylic oxidation sites excluding steroid dienone is 4. The number of rotatable bonds is 11. The first-order valence-electron chi connectivity index (χ1n) is 7.64. The maximum Gasteiger partial charge on any atom is -0.0345 e. The Bertz CT molecular complexity index is 198. The van der Waals surface area contributed by atoms with Crippen LogP contribution in [0, 0.1) is 0 Å². The van der Waals surface area contributed by atoms with Crippen LogP contribution in [0.15, 0.2) is 23.8 Å². The van der Waals surface area contributed by atoms with Crippen LogP contribution in [0.2, 0.25) is 0 Å². The first-order valence-corrected chi connectivity index (χ1v) is 7.64. The van der Waals surface area contributed by atoms with Crippen LogP contribution in [-0.2, 0) is 0 Å². The quantitative estimate of drug-likeness (QED) is 0.286. The number of hydrogen-bond acceptors (Lipinski definition) is 0. The highest BCUT2D eigenvalue weighted by atomic mass is 13.9. The average Bonchev–Trinajstić information content (AvgIpc) is 2.33. The van der Waals surface area contributed by atoms with Gasteiger partial charge in [0, 0.05) is 0 Å². The van der Waals surface area contributed by atoms with Crippen LogP contribution in [0.4, 0.5) is 0 Å². The van der Waals surface area contributed by atoms with Gasteiger partial charge in [0.2, 0.25) is 0 Å². The van der Waals surface area contributed by atoms with Crippen LogP contribution in [0.1, 0.15) is 85.0 Å². The smallest absolute Gasteiger partial charge is 0.0345 e. The van der Waals surface area contributed by atoms with Crippen molar-refractivity contribution in [2.45, 2.75) is 85.0 Å². The molecule has 0 aliphatic carbocycles. The lowest BCUT2D eigenvalue weighted by Crippen LogP contribution is -1.77. The fourth-order valence-electron chi connectivity index (χ4n) is 1.93. The van der Waals surface area contributed by atoms with E-state index in [1.807, 2.05) is 0 Å². The molecule has 0 aromatic rings. The van der Waals surface area contributed by atoms with Gasteiger partial charge in [0.25, 0.3) is 0 Å². The van der Waals surface area contributed by atoms with Gasteiger partial charge in [0.15, 0.2) is 0 Å². The summed E-state index contributed by atoms with van der Waals surface area (Å²) in [5, 5.41) is 0. The molecule has 0 aliphatic rings. The molecule has 100 valence electrons. The van der Waals surface area contributed by atoms with Gasteiger partial charge in [-0.05, 0) is 32.6 Å². The second-order valence-electron chi connectivity index (χ2n) is 5.05. The molecule has 0 radical (unpaired) electrons. The zero-order valence-electron chi connectivity index (χ0n) is 12.3. The summed E-state index contributed by atoms with van der Waals surface area (Å²) in [5.41, 5.74) is 1.44. The molecule has 0 rings (SSSR count). The van der Waals surface area contributed by atoms with Crippen LogP contribution < -0.4 is 0 Å². The zero-order chi connectivity index (χ0) is 12.8. The monoisotopic (exact) mass is 236 g/mol. The molecule has 0 heteroatoms. The summed E-state index contributed by atoms with van der Waals surface area (Å²) in [7, 11) is 0. The van der Waals surface area contributed by atoms with Gasteiger partial charge in [-0.1, -0.05) is 76.2 Å². The van der Waals surface area contributed by atoms with Crippen LogP contribution in [0.25, 0.3) is 0 Å². The Hall–Kier alpha value is -0.520. The van der Waals surface area contributed by atoms with Crippen molar-refractivity contribution in [3.8, 4) is 0 Å². The van der Waals surface area contributed by atoms with E-state index in [0.29, 0.717) is 0 Å². The Kier molecular flexibility index (Phi) is 13.1. The first kappa shape index (κ1) is 16.5. The van der Waals surface area contributed by atoms with Gasteiger partial charge in [-0.25, -0.2) is 0 Å². The van der Waals surface area contributed by atoms with Crippen LogP contribution in [-0.4, -0.2) is 0 Å². The third kappa shape index (κ3) is 13.4. The average molecular weight is 236 g/mol. The fourth-order valence-corrected chi connectivity index (χ4v) is 1.93. The summed E-state index contributed by atoms with van der Waals surface area (Å²) in [6.07, 6.45) is 20.5. The summed E-state index contributed by atoms with van der Waals surface area (Å²) >= 11 is 0. The van der Waals surface area contributed by atoms with Crippen molar-refractivity contribution < 1.29 is 0 Å². The van der Waals surface area contributed by atoms with E-state index < -0.39 is 0 Å². The predicted octanol–water partition coefficient (Wildman–Crippen LogP) is 6.43. The lowest BCUT2D eigenvalue weighted by molar-refractivity contribution is 0.673. The molecule has 17 heavy (non-hydrogen) atoms. The van der Waals surface area contributed by atoms with Crippen molar-refractivity contribution in [1.29, 1.82) is 0 Å². The van der Waals surface area contributed by atoms with Crippen molar-refractivity contribution in [2.24, 2.45) is 0 Å². The maximum absolute atomic E-state index is 2.39. The van der Waals surface area contributed by atoms with Gasteiger partial charge < -0.3 is 0 Å². The van der Waals surface area contributed by atoms with E-state index in [2.05, 4.69) is 39.0 Å². The summed E-state index contributed by atoms with van der Waals surface area (Å²) < 4.78 is 0. The van der Waals surface area contributed by atoms with E-state index in [9.17, 15) is 0 Å². The molecule has 0 aromatic carbocycles. The maximum atomic E-state index is 2.39. The van der Waals surface area contributed by atoms with Gasteiger partial charge in [0.1, 0.15) is 0 Å². The van der Waals surface area contributed by atoms with E-state index in [-0.39, 0.29) is 0 Å². The van der Waals surface area contributed by atoms with Crippen molar-refractivity contribution in [3.05, 3.63) is 23.8 Å². The zero-order valence-corrected chi connectivity index (χ0v) is 12.3. The third-order valence-electron chi connectivity index (χ3n) is 3.13. The van der Waals surface area contributed by atoms with E-state index in [1.54, 1.807) is 0 Å². The van der Waals surface area contributed by atoms with Crippen molar-refractivity contribution in [2.75, 3.05) is 0 Å². The standard InChI is InChI=1S/C17H32/c1-4-6-8-10-12-14-16-17(3)15-13-11-9-7-5-2/h14-16H,4-13H2,1-3H3/b16-14-,17-15+. The van der Waals surface area contributed by atoms with E-state index in [4.69, 9.17) is 0 Å². The molecule has 0 N–H and O–H groups in total. The second-order valence-corrected chi connectivity index (χ2v) is 5.05. The highest BCUT2D eigenvalue weighted by Gasteiger charge is 1.87. The Morgan fingerprint density at radius 2 is 1.35 bits per heavy atom. The number of unbranched alkanes of at least 4 members (excludes halogenated alkanes) is 8.